The smallest absolute Gasteiger partial charge is 0.251 e. The molecule has 1 heterocycles. The SMILES string of the molecule is CC(CN)(NC(=O)c1ccc(S(=O)(=O)NCc2cccs2)cc1)C1CC1.Cl. The lowest BCUT2D eigenvalue weighted by Crippen LogP contribution is -2.53. The molecule has 0 aliphatic heterocycles. The van der Waals surface area contributed by atoms with Crippen LogP contribution in [0.3, 0.4) is 0 Å². The molecule has 1 aromatic heterocycles. The zero-order valence-electron chi connectivity index (χ0n) is 15.0. The second-order valence-electron chi connectivity index (χ2n) is 6.78. The fourth-order valence-electron chi connectivity index (χ4n) is 2.82. The Labute approximate surface area is 170 Å². The zero-order chi connectivity index (χ0) is 18.8. The lowest BCUT2D eigenvalue weighted by Gasteiger charge is -2.29. The van der Waals surface area contributed by atoms with Gasteiger partial charge in [0.15, 0.2) is 0 Å². The van der Waals surface area contributed by atoms with Crippen LogP contribution in [0, 0.1) is 5.92 Å². The minimum absolute atomic E-state index is 0. The van der Waals surface area contributed by atoms with Gasteiger partial charge in [-0.2, -0.15) is 0 Å². The van der Waals surface area contributed by atoms with E-state index < -0.39 is 15.6 Å². The van der Waals surface area contributed by atoms with Crippen molar-refractivity contribution < 1.29 is 13.2 Å². The maximum absolute atomic E-state index is 12.5. The molecular weight excluding hydrogens is 406 g/mol. The van der Waals surface area contributed by atoms with E-state index in [9.17, 15) is 13.2 Å². The number of carbonyl (C=O) groups excluding carboxylic acids is 1. The van der Waals surface area contributed by atoms with Gasteiger partial charge in [-0.1, -0.05) is 6.07 Å². The maximum atomic E-state index is 12.5. The molecular formula is C18H24ClN3O3S2. The Balaban J connectivity index is 0.00000261. The van der Waals surface area contributed by atoms with Crippen molar-refractivity contribution in [1.82, 2.24) is 10.0 Å². The first kappa shape index (κ1) is 21.8. The van der Waals surface area contributed by atoms with E-state index >= 15 is 0 Å². The van der Waals surface area contributed by atoms with Crippen LogP contribution in [-0.2, 0) is 16.6 Å². The summed E-state index contributed by atoms with van der Waals surface area (Å²) in [4.78, 5) is 13.5. The molecule has 0 saturated heterocycles. The molecule has 1 unspecified atom stereocenters. The summed E-state index contributed by atoms with van der Waals surface area (Å²) in [5.41, 5.74) is 5.83. The van der Waals surface area contributed by atoms with Gasteiger partial charge in [0, 0.05) is 23.5 Å². The predicted octanol–water partition coefficient (Wildman–Crippen LogP) is 2.51. The number of carbonyl (C=O) groups is 1. The number of sulfonamides is 1. The van der Waals surface area contributed by atoms with Crippen molar-refractivity contribution in [3.05, 3.63) is 52.2 Å². The first-order chi connectivity index (χ1) is 12.3. The first-order valence-electron chi connectivity index (χ1n) is 8.49. The Morgan fingerprint density at radius 2 is 1.93 bits per heavy atom. The van der Waals surface area contributed by atoms with Crippen molar-refractivity contribution in [1.29, 1.82) is 0 Å². The lowest BCUT2D eigenvalue weighted by molar-refractivity contribution is 0.0897. The van der Waals surface area contributed by atoms with Crippen molar-refractivity contribution in [2.24, 2.45) is 11.7 Å². The highest BCUT2D eigenvalue weighted by molar-refractivity contribution is 7.89. The molecule has 0 radical (unpaired) electrons. The highest BCUT2D eigenvalue weighted by Gasteiger charge is 2.41. The second-order valence-corrected chi connectivity index (χ2v) is 9.58. The van der Waals surface area contributed by atoms with Crippen LogP contribution in [0.5, 0.6) is 0 Å². The molecule has 1 aliphatic rings. The molecule has 3 rings (SSSR count). The number of amides is 1. The van der Waals surface area contributed by atoms with E-state index in [0.29, 0.717) is 18.0 Å². The van der Waals surface area contributed by atoms with Gasteiger partial charge in [-0.3, -0.25) is 4.79 Å². The molecule has 1 saturated carbocycles. The third-order valence-electron chi connectivity index (χ3n) is 4.74. The van der Waals surface area contributed by atoms with Gasteiger partial charge in [-0.15, -0.1) is 23.7 Å². The van der Waals surface area contributed by atoms with Crippen LogP contribution in [0.1, 0.15) is 35.0 Å². The van der Waals surface area contributed by atoms with Crippen LogP contribution in [0.4, 0.5) is 0 Å². The van der Waals surface area contributed by atoms with Crippen molar-refractivity contribution in [2.75, 3.05) is 6.54 Å². The average molecular weight is 430 g/mol. The van der Waals surface area contributed by atoms with E-state index in [4.69, 9.17) is 5.73 Å². The second kappa shape index (κ2) is 8.70. The van der Waals surface area contributed by atoms with Crippen molar-refractivity contribution in [3.63, 3.8) is 0 Å². The summed E-state index contributed by atoms with van der Waals surface area (Å²) < 4.78 is 27.3. The van der Waals surface area contributed by atoms with E-state index in [2.05, 4.69) is 10.0 Å². The average Bonchev–Trinajstić information content (AvgIpc) is 3.37. The minimum Gasteiger partial charge on any atom is -0.345 e. The molecule has 2 aromatic rings. The Morgan fingerprint density at radius 3 is 2.44 bits per heavy atom. The van der Waals surface area contributed by atoms with Crippen LogP contribution in [-0.4, -0.2) is 26.4 Å². The van der Waals surface area contributed by atoms with E-state index in [1.165, 1.54) is 35.6 Å². The molecule has 1 fully saturated rings. The fourth-order valence-corrected chi connectivity index (χ4v) is 4.56. The summed E-state index contributed by atoms with van der Waals surface area (Å²) in [7, 11) is -3.62. The van der Waals surface area contributed by atoms with E-state index in [1.807, 2.05) is 24.4 Å². The molecule has 1 aliphatic carbocycles. The monoisotopic (exact) mass is 429 g/mol. The largest absolute Gasteiger partial charge is 0.345 e. The van der Waals surface area contributed by atoms with Gasteiger partial charge in [-0.25, -0.2) is 13.1 Å². The Kier molecular flexibility index (Phi) is 7.04. The van der Waals surface area contributed by atoms with E-state index in [0.717, 1.165) is 17.7 Å². The van der Waals surface area contributed by atoms with Gasteiger partial charge in [0.2, 0.25) is 10.0 Å². The van der Waals surface area contributed by atoms with Gasteiger partial charge in [0.05, 0.1) is 10.4 Å². The molecule has 6 nitrogen and oxygen atoms in total. The minimum atomic E-state index is -3.62. The number of hydrogen-bond donors (Lipinski definition) is 3. The quantitative estimate of drug-likeness (QED) is 0.600. The van der Waals surface area contributed by atoms with Crippen LogP contribution in [0.2, 0.25) is 0 Å². The van der Waals surface area contributed by atoms with Crippen molar-refractivity contribution in [2.45, 2.75) is 36.7 Å². The third kappa shape index (κ3) is 5.30. The zero-order valence-corrected chi connectivity index (χ0v) is 17.4. The molecule has 4 N–H and O–H groups in total. The highest BCUT2D eigenvalue weighted by atomic mass is 35.5. The number of halogens is 1. The number of nitrogens with one attached hydrogen (secondary N) is 2. The van der Waals surface area contributed by atoms with Gasteiger partial charge in [0.1, 0.15) is 0 Å². The van der Waals surface area contributed by atoms with Crippen molar-refractivity contribution in [3.8, 4) is 0 Å². The normalized spacial score (nSPS) is 16.2. The number of rotatable bonds is 8. The number of hydrogen-bond acceptors (Lipinski definition) is 5. The summed E-state index contributed by atoms with van der Waals surface area (Å²) >= 11 is 1.49. The molecule has 1 aromatic carbocycles. The molecule has 0 spiro atoms. The van der Waals surface area contributed by atoms with Gasteiger partial charge < -0.3 is 11.1 Å². The Morgan fingerprint density at radius 1 is 1.26 bits per heavy atom. The summed E-state index contributed by atoms with van der Waals surface area (Å²) in [6.45, 7) is 2.58. The summed E-state index contributed by atoms with van der Waals surface area (Å²) in [5.74, 6) is 0.179. The molecule has 148 valence electrons. The number of nitrogens with two attached hydrogens (primary N) is 1. The summed E-state index contributed by atoms with van der Waals surface area (Å²) in [6, 6.07) is 9.69. The Bertz CT molecular complexity index is 866. The number of thiophene rings is 1. The Hall–Kier alpha value is -1.45. The van der Waals surface area contributed by atoms with Crippen LogP contribution < -0.4 is 15.8 Å². The lowest BCUT2D eigenvalue weighted by atomic mass is 9.95. The van der Waals surface area contributed by atoms with Crippen LogP contribution in [0.25, 0.3) is 0 Å². The first-order valence-corrected chi connectivity index (χ1v) is 10.8. The van der Waals surface area contributed by atoms with Gasteiger partial charge >= 0.3 is 0 Å². The van der Waals surface area contributed by atoms with Crippen LogP contribution in [0.15, 0.2) is 46.7 Å². The fraction of sp³-hybridized carbons (Fsp3) is 0.389. The van der Waals surface area contributed by atoms with Gasteiger partial charge in [-0.05, 0) is 61.4 Å². The molecule has 0 bridgehead atoms. The summed E-state index contributed by atoms with van der Waals surface area (Å²) in [6.07, 6.45) is 2.14. The van der Waals surface area contributed by atoms with E-state index in [-0.39, 0.29) is 29.8 Å². The molecule has 9 heteroatoms. The third-order valence-corrected chi connectivity index (χ3v) is 7.04. The van der Waals surface area contributed by atoms with Crippen molar-refractivity contribution >= 4 is 39.7 Å². The topological polar surface area (TPSA) is 101 Å². The molecule has 1 atom stereocenters. The summed E-state index contributed by atoms with van der Waals surface area (Å²) in [5, 5.41) is 4.89. The van der Waals surface area contributed by atoms with E-state index in [1.54, 1.807) is 0 Å². The molecule has 27 heavy (non-hydrogen) atoms. The highest BCUT2D eigenvalue weighted by Crippen LogP contribution is 2.39. The standard InChI is InChI=1S/C18H23N3O3S2.ClH/c1-18(12-19,14-6-7-14)21-17(22)13-4-8-16(9-5-13)26(23,24)20-11-15-3-2-10-25-15;/h2-5,8-10,14,20H,6-7,11-12,19H2,1H3,(H,21,22);1H. The predicted molar refractivity (Wildman–Crippen MR) is 110 cm³/mol. The molecule has 1 amide bonds. The maximum Gasteiger partial charge on any atom is 0.251 e. The van der Waals surface area contributed by atoms with Crippen LogP contribution >= 0.6 is 23.7 Å². The van der Waals surface area contributed by atoms with Gasteiger partial charge in [0.25, 0.3) is 5.91 Å². The number of benzene rings is 1.